The van der Waals surface area contributed by atoms with Crippen LogP contribution < -0.4 is 5.73 Å². The number of ketones is 1. The van der Waals surface area contributed by atoms with E-state index in [4.69, 9.17) is 38.4 Å². The van der Waals surface area contributed by atoms with Crippen molar-refractivity contribution in [3.05, 3.63) is 92.5 Å². The number of esters is 1. The highest BCUT2D eigenvalue weighted by atomic mass is 35.5. The van der Waals surface area contributed by atoms with Crippen LogP contribution in [-0.4, -0.2) is 18.9 Å². The van der Waals surface area contributed by atoms with Crippen LogP contribution in [0, 0.1) is 0 Å². The van der Waals surface area contributed by atoms with Gasteiger partial charge in [-0.05, 0) is 23.1 Å². The van der Waals surface area contributed by atoms with Crippen LogP contribution in [0.4, 0.5) is 0 Å². The van der Waals surface area contributed by atoms with Crippen LogP contribution in [0.2, 0.25) is 10.0 Å². The van der Waals surface area contributed by atoms with Gasteiger partial charge in [-0.25, -0.2) is 4.79 Å². The van der Waals surface area contributed by atoms with Gasteiger partial charge in [-0.15, -0.1) is 0 Å². The highest BCUT2D eigenvalue weighted by Gasteiger charge is 2.44. The maximum absolute atomic E-state index is 13.3. The predicted octanol–water partition coefficient (Wildman–Crippen LogP) is 4.85. The second-order valence-electron chi connectivity index (χ2n) is 7.22. The molecule has 2 N–H and O–H groups in total. The van der Waals surface area contributed by atoms with Gasteiger partial charge in [0.05, 0.1) is 23.1 Å². The maximum atomic E-state index is 13.3. The lowest BCUT2D eigenvalue weighted by atomic mass is 9.73. The summed E-state index contributed by atoms with van der Waals surface area (Å²) in [5.41, 5.74) is 8.12. The topological polar surface area (TPSA) is 78.6 Å². The molecule has 2 aliphatic rings. The van der Waals surface area contributed by atoms with Crippen LogP contribution in [0.1, 0.15) is 35.8 Å². The van der Waals surface area contributed by atoms with Gasteiger partial charge in [0.25, 0.3) is 0 Å². The number of Topliss-reactive ketones (excluding diaryl/α,β-unsaturated/α-hetero) is 1. The number of ether oxygens (including phenoxy) is 2. The van der Waals surface area contributed by atoms with Gasteiger partial charge >= 0.3 is 5.97 Å². The van der Waals surface area contributed by atoms with Gasteiger partial charge in [-0.1, -0.05) is 65.7 Å². The largest absolute Gasteiger partial charge is 0.465 e. The first-order valence-corrected chi connectivity index (χ1v) is 10.2. The molecule has 2 aromatic rings. The molecule has 2 atom stereocenters. The Balaban J connectivity index is 1.86. The Morgan fingerprint density at radius 1 is 1.10 bits per heavy atom. The van der Waals surface area contributed by atoms with E-state index in [1.807, 2.05) is 30.3 Å². The summed E-state index contributed by atoms with van der Waals surface area (Å²) in [4.78, 5) is 25.9. The monoisotopic (exact) mass is 443 g/mol. The zero-order valence-electron chi connectivity index (χ0n) is 16.2. The van der Waals surface area contributed by atoms with Gasteiger partial charge in [-0.3, -0.25) is 4.79 Å². The van der Waals surface area contributed by atoms with Gasteiger partial charge in [0.1, 0.15) is 11.3 Å². The third kappa shape index (κ3) is 3.48. The van der Waals surface area contributed by atoms with E-state index in [1.165, 1.54) is 7.11 Å². The van der Waals surface area contributed by atoms with Crippen molar-refractivity contribution < 1.29 is 19.1 Å². The summed E-state index contributed by atoms with van der Waals surface area (Å²) < 4.78 is 10.7. The zero-order chi connectivity index (χ0) is 21.4. The summed E-state index contributed by atoms with van der Waals surface area (Å²) in [6, 6.07) is 14.8. The van der Waals surface area contributed by atoms with Crippen molar-refractivity contribution in [2.75, 3.05) is 7.11 Å². The third-order valence-electron chi connectivity index (χ3n) is 5.51. The van der Waals surface area contributed by atoms with Crippen molar-refractivity contribution in [1.29, 1.82) is 0 Å². The van der Waals surface area contributed by atoms with Crippen LogP contribution in [0.5, 0.6) is 0 Å². The molecule has 0 saturated heterocycles. The smallest absolute Gasteiger partial charge is 0.340 e. The van der Waals surface area contributed by atoms with E-state index in [-0.39, 0.29) is 34.6 Å². The molecule has 0 amide bonds. The fourth-order valence-corrected chi connectivity index (χ4v) is 4.55. The van der Waals surface area contributed by atoms with Crippen molar-refractivity contribution in [2.45, 2.75) is 24.7 Å². The minimum atomic E-state index is -0.809. The summed E-state index contributed by atoms with van der Waals surface area (Å²) in [7, 11) is 1.25. The first-order valence-electron chi connectivity index (χ1n) is 9.43. The second kappa shape index (κ2) is 8.17. The van der Waals surface area contributed by atoms with Crippen molar-refractivity contribution in [2.24, 2.45) is 5.73 Å². The fraction of sp³-hybridized carbons (Fsp3) is 0.217. The molecule has 0 spiro atoms. The molecule has 5 nitrogen and oxygen atoms in total. The Morgan fingerprint density at radius 2 is 1.83 bits per heavy atom. The Kier molecular flexibility index (Phi) is 5.58. The van der Waals surface area contributed by atoms with E-state index >= 15 is 0 Å². The first kappa shape index (κ1) is 20.5. The van der Waals surface area contributed by atoms with Crippen molar-refractivity contribution in [3.8, 4) is 0 Å². The van der Waals surface area contributed by atoms with Gasteiger partial charge < -0.3 is 15.2 Å². The van der Waals surface area contributed by atoms with E-state index in [0.717, 1.165) is 5.56 Å². The molecule has 7 heteroatoms. The van der Waals surface area contributed by atoms with E-state index in [9.17, 15) is 9.59 Å². The number of nitrogens with two attached hydrogens (primary N) is 1. The molecule has 1 aliphatic heterocycles. The lowest BCUT2D eigenvalue weighted by molar-refractivity contribution is -0.136. The van der Waals surface area contributed by atoms with Gasteiger partial charge in [0.2, 0.25) is 5.88 Å². The van der Waals surface area contributed by atoms with E-state index in [1.54, 1.807) is 18.2 Å². The molecule has 30 heavy (non-hydrogen) atoms. The number of halogens is 2. The van der Waals surface area contributed by atoms with E-state index in [2.05, 4.69) is 0 Å². The van der Waals surface area contributed by atoms with Crippen LogP contribution in [0.15, 0.2) is 71.3 Å². The first-order chi connectivity index (χ1) is 14.4. The highest BCUT2D eigenvalue weighted by molar-refractivity contribution is 6.42. The summed E-state index contributed by atoms with van der Waals surface area (Å²) >= 11 is 12.7. The van der Waals surface area contributed by atoms with Crippen LogP contribution in [0.25, 0.3) is 0 Å². The Morgan fingerprint density at radius 3 is 2.53 bits per heavy atom. The lowest BCUT2D eigenvalue weighted by Crippen LogP contribution is -2.33. The molecule has 0 bridgehead atoms. The Hall–Kier alpha value is -2.76. The molecule has 0 fully saturated rings. The summed E-state index contributed by atoms with van der Waals surface area (Å²) in [6.45, 7) is 0. The molecular weight excluding hydrogens is 425 g/mol. The second-order valence-corrected chi connectivity index (χ2v) is 8.01. The summed E-state index contributed by atoms with van der Waals surface area (Å²) in [5.74, 6) is -1.30. The van der Waals surface area contributed by atoms with Gasteiger partial charge in [0, 0.05) is 18.4 Å². The molecule has 0 unspecified atom stereocenters. The minimum Gasteiger partial charge on any atom is -0.465 e. The van der Waals surface area contributed by atoms with Crippen molar-refractivity contribution in [1.82, 2.24) is 0 Å². The SMILES string of the molecule is COC(=O)C1=C(N)OC2=C(C(=O)C[C@H](c3ccccc3)C2)[C@H]1c1cccc(Cl)c1Cl. The zero-order valence-corrected chi connectivity index (χ0v) is 17.7. The van der Waals surface area contributed by atoms with Gasteiger partial charge in [-0.2, -0.15) is 0 Å². The molecule has 0 aromatic heterocycles. The molecule has 0 radical (unpaired) electrons. The number of allylic oxidation sites excluding steroid dienone is 2. The number of rotatable bonds is 3. The summed E-state index contributed by atoms with van der Waals surface area (Å²) in [5, 5.41) is 0.570. The molecule has 1 heterocycles. The van der Waals surface area contributed by atoms with Crippen molar-refractivity contribution >= 4 is 35.0 Å². The molecule has 1 aliphatic carbocycles. The standard InChI is InChI=1S/C23H19Cl2NO4/c1-29-23(28)20-18(14-8-5-9-15(24)21(14)25)19-16(27)10-13(11-17(19)30-22(20)26)12-6-3-2-4-7-12/h2-9,13,18H,10-11,26H2,1H3/t13-,18+/m0/s1. The molecule has 154 valence electrons. The van der Waals surface area contributed by atoms with E-state index < -0.39 is 11.9 Å². The Labute approximate surface area is 184 Å². The minimum absolute atomic E-state index is 0.0413. The van der Waals surface area contributed by atoms with Crippen LogP contribution >= 0.6 is 23.2 Å². The third-order valence-corrected chi connectivity index (χ3v) is 6.34. The number of carbonyl (C=O) groups is 2. The fourth-order valence-electron chi connectivity index (χ4n) is 4.13. The normalized spacial score (nSPS) is 21.2. The Bertz CT molecular complexity index is 1090. The number of carbonyl (C=O) groups excluding carboxylic acids is 2. The van der Waals surface area contributed by atoms with Crippen LogP contribution in [-0.2, 0) is 19.1 Å². The average molecular weight is 444 g/mol. The van der Waals surface area contributed by atoms with Crippen LogP contribution in [0.3, 0.4) is 0 Å². The number of benzene rings is 2. The summed E-state index contributed by atoms with van der Waals surface area (Å²) in [6.07, 6.45) is 0.768. The lowest BCUT2D eigenvalue weighted by Gasteiger charge is -2.35. The molecular formula is C23H19Cl2NO4. The highest BCUT2D eigenvalue weighted by Crippen LogP contribution is 2.49. The molecule has 0 saturated carbocycles. The van der Waals surface area contributed by atoms with Crippen molar-refractivity contribution in [3.63, 3.8) is 0 Å². The predicted molar refractivity (Wildman–Crippen MR) is 114 cm³/mol. The average Bonchev–Trinajstić information content (AvgIpc) is 2.74. The quantitative estimate of drug-likeness (QED) is 0.685. The van der Waals surface area contributed by atoms with Gasteiger partial charge in [0.15, 0.2) is 5.78 Å². The molecule has 4 rings (SSSR count). The maximum Gasteiger partial charge on any atom is 0.340 e. The van der Waals surface area contributed by atoms with E-state index in [0.29, 0.717) is 28.3 Å². The number of hydrogen-bond donors (Lipinski definition) is 1. The number of methoxy groups -OCH3 is 1. The number of hydrogen-bond acceptors (Lipinski definition) is 5. The molecule has 2 aromatic carbocycles.